The van der Waals surface area contributed by atoms with E-state index in [1.165, 1.54) is 0 Å². The Hall–Kier alpha value is -1.55. The van der Waals surface area contributed by atoms with Gasteiger partial charge in [-0.05, 0) is 24.2 Å². The van der Waals surface area contributed by atoms with Crippen molar-refractivity contribution in [2.75, 3.05) is 30.2 Å². The summed E-state index contributed by atoms with van der Waals surface area (Å²) in [6.45, 7) is -9.91. The second kappa shape index (κ2) is 3.67. The van der Waals surface area contributed by atoms with E-state index < -0.39 is 61.1 Å². The fourth-order valence-electron chi connectivity index (χ4n) is 0.819. The topological polar surface area (TPSA) is 55.6 Å². The molecule has 4 nitrogen and oxygen atoms in total. The van der Waals surface area contributed by atoms with Crippen LogP contribution in [0, 0.1) is 0 Å². The molecule has 1 aromatic rings. The summed E-state index contributed by atoms with van der Waals surface area (Å²) in [6.07, 6.45) is 0. The molecule has 0 spiro atoms. The van der Waals surface area contributed by atoms with E-state index >= 15 is 0 Å². The van der Waals surface area contributed by atoms with Crippen molar-refractivity contribution in [3.05, 3.63) is 24.2 Å². The third-order valence-electron chi connectivity index (χ3n) is 1.40. The number of nitrogen functional groups attached to an aromatic ring is 1. The van der Waals surface area contributed by atoms with Gasteiger partial charge in [-0.3, -0.25) is 4.79 Å². The normalized spacial score (nSPS) is 38.3. The Kier molecular flexibility index (Phi) is 0.779. The Morgan fingerprint density at radius 2 is 2.21 bits per heavy atom. The molecule has 74 valence electrons. The van der Waals surface area contributed by atoms with Crippen LogP contribution in [0.4, 0.5) is 11.4 Å². The second-order valence-electron chi connectivity index (χ2n) is 2.32. The first-order chi connectivity index (χ1) is 10.7. The van der Waals surface area contributed by atoms with E-state index in [2.05, 4.69) is 4.74 Å². The molecule has 1 amide bonds. The number of anilines is 2. The number of benzene rings is 1. The maximum Gasteiger partial charge on any atom is 0.253 e. The summed E-state index contributed by atoms with van der Waals surface area (Å²) in [5.41, 5.74) is 3.94. The Labute approximate surface area is 96.3 Å². The first-order valence-corrected chi connectivity index (χ1v) is 3.57. The highest BCUT2D eigenvalue weighted by molar-refractivity contribution is 5.94. The fourth-order valence-corrected chi connectivity index (χ4v) is 0.819. The minimum atomic E-state index is -3.32. The van der Waals surface area contributed by atoms with Crippen LogP contribution in [-0.4, -0.2) is 25.5 Å². The summed E-state index contributed by atoms with van der Waals surface area (Å²) in [5.74, 6) is -1.70. The van der Waals surface area contributed by atoms with Gasteiger partial charge in [-0.25, -0.2) is 0 Å². The Bertz CT molecular complexity index is 706. The lowest BCUT2D eigenvalue weighted by Crippen LogP contribution is -2.41. The molecule has 0 atom stereocenters. The van der Waals surface area contributed by atoms with Crippen molar-refractivity contribution in [1.29, 1.82) is 0 Å². The second-order valence-corrected chi connectivity index (χ2v) is 2.32. The molecule has 0 aromatic heterocycles. The van der Waals surface area contributed by atoms with E-state index in [0.717, 1.165) is 0 Å². The van der Waals surface area contributed by atoms with Gasteiger partial charge in [0.1, 0.15) is 6.56 Å². The lowest BCUT2D eigenvalue weighted by atomic mass is 10.2. The first kappa shape index (κ1) is 2.97. The molecule has 2 N–H and O–H groups in total. The monoisotopic (exact) mass is 202 g/mol. The van der Waals surface area contributed by atoms with E-state index in [-0.39, 0.29) is 4.90 Å². The number of hydrogen-bond acceptors (Lipinski definition) is 3. The minimum Gasteiger partial charge on any atom is -0.399 e. The van der Waals surface area contributed by atoms with Crippen LogP contribution in [-0.2, 0) is 9.53 Å². The number of amides is 1. The molecule has 0 unspecified atom stereocenters. The van der Waals surface area contributed by atoms with Crippen LogP contribution in [0.25, 0.3) is 0 Å². The predicted octanol–water partition coefficient (Wildman–Crippen LogP) is 0.632. The Morgan fingerprint density at radius 1 is 1.50 bits per heavy atom. The molecular weight excluding hydrogens is 180 g/mol. The van der Waals surface area contributed by atoms with Crippen LogP contribution in [0.15, 0.2) is 24.2 Å². The molecule has 2 rings (SSSR count). The molecule has 4 heteroatoms. The summed E-state index contributed by atoms with van der Waals surface area (Å²) >= 11 is 0. The lowest BCUT2D eigenvalue weighted by molar-refractivity contribution is -0.125. The number of hydrogen-bond donors (Lipinski definition) is 1. The SMILES string of the molecule is [2H]c1c([2H])c(N2C(=O)C([2H])([2H])OC([2H])([2H])C2([2H])[2H])c([2H])c([2H])c1N. The number of ether oxygens (including phenoxy) is 1. The summed E-state index contributed by atoms with van der Waals surface area (Å²) in [7, 11) is 0. The van der Waals surface area contributed by atoms with Crippen LogP contribution in [0.5, 0.6) is 0 Å². The van der Waals surface area contributed by atoms with Crippen LogP contribution in [0.1, 0.15) is 13.7 Å². The molecule has 1 aliphatic rings. The van der Waals surface area contributed by atoms with Crippen molar-refractivity contribution in [1.82, 2.24) is 0 Å². The van der Waals surface area contributed by atoms with E-state index in [1.54, 1.807) is 0 Å². The van der Waals surface area contributed by atoms with E-state index in [4.69, 9.17) is 19.4 Å². The lowest BCUT2D eigenvalue weighted by Gasteiger charge is -2.26. The number of carbonyl (C=O) groups is 1. The number of nitrogens with two attached hydrogens (primary N) is 1. The van der Waals surface area contributed by atoms with E-state index in [1.807, 2.05) is 0 Å². The number of nitrogens with zero attached hydrogens (tertiary/aromatic N) is 1. The van der Waals surface area contributed by atoms with Crippen LogP contribution in [0.2, 0.25) is 0 Å². The van der Waals surface area contributed by atoms with Crippen molar-refractivity contribution in [2.24, 2.45) is 0 Å². The quantitative estimate of drug-likeness (QED) is 0.680. The maximum absolute atomic E-state index is 12.3. The van der Waals surface area contributed by atoms with Crippen molar-refractivity contribution in [3.8, 4) is 0 Å². The Morgan fingerprint density at radius 3 is 2.93 bits per heavy atom. The van der Waals surface area contributed by atoms with Crippen molar-refractivity contribution in [2.45, 2.75) is 0 Å². The molecule has 1 heterocycles. The molecule has 1 aromatic carbocycles. The maximum atomic E-state index is 12.3. The highest BCUT2D eigenvalue weighted by Gasteiger charge is 2.19. The largest absolute Gasteiger partial charge is 0.399 e. The van der Waals surface area contributed by atoms with Gasteiger partial charge in [0.15, 0.2) is 0 Å². The van der Waals surface area contributed by atoms with Gasteiger partial charge in [-0.15, -0.1) is 0 Å². The third-order valence-corrected chi connectivity index (χ3v) is 1.40. The summed E-state index contributed by atoms with van der Waals surface area (Å²) in [6, 6.07) is -3.33. The van der Waals surface area contributed by atoms with Gasteiger partial charge >= 0.3 is 0 Å². The highest BCUT2D eigenvalue weighted by Crippen LogP contribution is 2.17. The predicted molar refractivity (Wildman–Crippen MR) is 54.0 cm³/mol. The number of rotatable bonds is 1. The standard InChI is InChI=1S/C10H12N2O2/c11-8-1-3-9(4-2-8)12-5-6-14-7-10(12)13/h1-4H,5-7,11H2/i1D,2D,3D,4D,5D2,6D2,7D2. The smallest absolute Gasteiger partial charge is 0.253 e. The van der Waals surface area contributed by atoms with Crippen LogP contribution < -0.4 is 10.6 Å². The minimum absolute atomic E-state index is 0.0866. The number of morpholine rings is 1. The van der Waals surface area contributed by atoms with Gasteiger partial charge in [-0.2, -0.15) is 0 Å². The summed E-state index contributed by atoms with van der Waals surface area (Å²) in [4.78, 5) is 12.2. The molecule has 0 radical (unpaired) electrons. The third kappa shape index (κ3) is 1.70. The van der Waals surface area contributed by atoms with Gasteiger partial charge in [0.05, 0.1) is 20.3 Å². The first-order valence-electron chi connectivity index (χ1n) is 8.57. The zero-order valence-corrected chi connectivity index (χ0v) is 6.84. The molecule has 0 aliphatic carbocycles. The Balaban J connectivity index is 2.85. The number of carbonyl (C=O) groups excluding carboxylic acids is 1. The van der Waals surface area contributed by atoms with Gasteiger partial charge in [0.2, 0.25) is 0 Å². The summed E-state index contributed by atoms with van der Waals surface area (Å²) in [5, 5.41) is 0. The average Bonchev–Trinajstić information content (AvgIpc) is 2.44. The summed E-state index contributed by atoms with van der Waals surface area (Å²) < 4.78 is 80.7. The zero-order valence-electron chi connectivity index (χ0n) is 16.8. The van der Waals surface area contributed by atoms with Crippen LogP contribution >= 0.6 is 0 Å². The van der Waals surface area contributed by atoms with Crippen molar-refractivity contribution in [3.63, 3.8) is 0 Å². The molecule has 14 heavy (non-hydrogen) atoms. The molecule has 0 saturated carbocycles. The average molecular weight is 202 g/mol. The fraction of sp³-hybridized carbons (Fsp3) is 0.300. The molecule has 1 fully saturated rings. The van der Waals surface area contributed by atoms with Crippen LogP contribution in [0.3, 0.4) is 0 Å². The van der Waals surface area contributed by atoms with Gasteiger partial charge in [0, 0.05) is 17.9 Å². The molecule has 1 saturated heterocycles. The van der Waals surface area contributed by atoms with Crippen molar-refractivity contribution < 1.29 is 23.2 Å². The van der Waals surface area contributed by atoms with Gasteiger partial charge in [0.25, 0.3) is 5.91 Å². The highest BCUT2D eigenvalue weighted by atomic mass is 16.5. The van der Waals surface area contributed by atoms with Gasteiger partial charge < -0.3 is 15.4 Å². The molecule has 1 aliphatic heterocycles. The zero-order chi connectivity index (χ0) is 18.8. The van der Waals surface area contributed by atoms with Crippen molar-refractivity contribution >= 4 is 17.3 Å². The van der Waals surface area contributed by atoms with E-state index in [0.29, 0.717) is 0 Å². The molecule has 0 bridgehead atoms. The van der Waals surface area contributed by atoms with E-state index in [9.17, 15) is 4.79 Å². The molecular formula is C10H12N2O2. The van der Waals surface area contributed by atoms with Gasteiger partial charge in [-0.1, -0.05) is 0 Å².